The summed E-state index contributed by atoms with van der Waals surface area (Å²) in [5.74, 6) is -1.52. The third kappa shape index (κ3) is 5.16. The molecule has 1 amide bonds. The van der Waals surface area contributed by atoms with E-state index in [1.54, 1.807) is 6.92 Å². The standard InChI is InChI=1S/C24H19F4N5O4S/c1-13-9-10-17(12-19(13)25)33-23(35)21(14(2)31-33)30-29-20-8-4-7-18(22(20)34)15-5-3-6-16(11-15)32-38(36,37)24(26,27)28/h3-12,29,32,34H,1-2H3. The Morgan fingerprint density at radius 2 is 1.74 bits per heavy atom. The summed E-state index contributed by atoms with van der Waals surface area (Å²) < 4.78 is 76.4. The van der Waals surface area contributed by atoms with Crippen LogP contribution in [0.1, 0.15) is 12.5 Å². The molecule has 38 heavy (non-hydrogen) atoms. The van der Waals surface area contributed by atoms with Crippen LogP contribution in [0.2, 0.25) is 0 Å². The van der Waals surface area contributed by atoms with E-state index in [4.69, 9.17) is 0 Å². The van der Waals surface area contributed by atoms with Crippen molar-refractivity contribution in [2.45, 2.75) is 19.4 Å². The molecule has 198 valence electrons. The molecule has 9 nitrogen and oxygen atoms in total. The summed E-state index contributed by atoms with van der Waals surface area (Å²) in [6.07, 6.45) is 0. The molecule has 0 aliphatic carbocycles. The number of phenols is 1. The number of hydrogen-bond acceptors (Lipinski definition) is 7. The van der Waals surface area contributed by atoms with Crippen LogP contribution in [-0.2, 0) is 14.8 Å². The molecule has 0 saturated heterocycles. The quantitative estimate of drug-likeness (QED) is 0.228. The minimum absolute atomic E-state index is 0.0386. The van der Waals surface area contributed by atoms with Crippen LogP contribution < -0.4 is 15.2 Å². The number of hydrazone groups is 2. The predicted molar refractivity (Wildman–Crippen MR) is 135 cm³/mol. The smallest absolute Gasteiger partial charge is 0.505 e. The summed E-state index contributed by atoms with van der Waals surface area (Å²) in [5, 5.41) is 19.9. The molecule has 0 fully saturated rings. The number of nitrogens with zero attached hydrogens (tertiary/aromatic N) is 3. The fourth-order valence-electron chi connectivity index (χ4n) is 3.46. The first-order chi connectivity index (χ1) is 17.8. The first-order valence-electron chi connectivity index (χ1n) is 10.8. The third-order valence-electron chi connectivity index (χ3n) is 5.44. The number of rotatable bonds is 6. The number of nitrogens with one attached hydrogen (secondary N) is 2. The number of benzene rings is 3. The van der Waals surface area contributed by atoms with Crippen molar-refractivity contribution in [3.8, 4) is 16.9 Å². The van der Waals surface area contributed by atoms with Gasteiger partial charge in [0.15, 0.2) is 5.71 Å². The van der Waals surface area contributed by atoms with Crippen LogP contribution in [-0.4, -0.2) is 36.4 Å². The van der Waals surface area contributed by atoms with Crippen LogP contribution in [0.4, 0.5) is 34.6 Å². The van der Waals surface area contributed by atoms with Crippen LogP contribution in [0.15, 0.2) is 70.9 Å². The molecular weight excluding hydrogens is 530 g/mol. The second kappa shape index (κ2) is 9.78. The zero-order chi connectivity index (χ0) is 27.8. The number of carbonyl (C=O) groups excluding carboxylic acids is 1. The second-order valence-corrected chi connectivity index (χ2v) is 9.82. The van der Waals surface area contributed by atoms with Gasteiger partial charge in [-0.3, -0.25) is 14.9 Å². The topological polar surface area (TPSA) is 123 Å². The molecule has 4 rings (SSSR count). The number of aryl methyl sites for hydroxylation is 1. The van der Waals surface area contributed by atoms with Crippen molar-refractivity contribution in [1.82, 2.24) is 0 Å². The first-order valence-corrected chi connectivity index (χ1v) is 12.3. The molecule has 0 aromatic heterocycles. The van der Waals surface area contributed by atoms with Crippen LogP contribution in [0.3, 0.4) is 0 Å². The highest BCUT2D eigenvalue weighted by molar-refractivity contribution is 7.93. The van der Waals surface area contributed by atoms with Gasteiger partial charge in [-0.25, -0.2) is 4.39 Å². The average molecular weight is 550 g/mol. The monoisotopic (exact) mass is 549 g/mol. The van der Waals surface area contributed by atoms with E-state index >= 15 is 0 Å². The molecule has 3 aromatic carbocycles. The number of amides is 1. The number of phenolic OH excluding ortho intramolecular Hbond substituents is 1. The SMILES string of the molecule is CC1=NN(c2ccc(C)c(F)c2)C(=O)C1=NNc1cccc(-c2cccc(NS(=O)(=O)C(F)(F)F)c2)c1O. The third-order valence-corrected chi connectivity index (χ3v) is 6.56. The van der Waals surface area contributed by atoms with Crippen LogP contribution >= 0.6 is 0 Å². The Morgan fingerprint density at radius 3 is 2.42 bits per heavy atom. The summed E-state index contributed by atoms with van der Waals surface area (Å²) in [5.41, 5.74) is -2.20. The lowest BCUT2D eigenvalue weighted by molar-refractivity contribution is -0.112. The molecule has 0 unspecified atom stereocenters. The average Bonchev–Trinajstić information content (AvgIpc) is 3.12. The van der Waals surface area contributed by atoms with Gasteiger partial charge in [0.05, 0.1) is 17.1 Å². The summed E-state index contributed by atoms with van der Waals surface area (Å²) >= 11 is 0. The van der Waals surface area contributed by atoms with Crippen LogP contribution in [0.25, 0.3) is 11.1 Å². The molecule has 1 aliphatic heterocycles. The van der Waals surface area contributed by atoms with Gasteiger partial charge in [-0.05, 0) is 55.3 Å². The highest BCUT2D eigenvalue weighted by Gasteiger charge is 2.46. The van der Waals surface area contributed by atoms with E-state index in [0.29, 0.717) is 5.56 Å². The minimum atomic E-state index is -5.64. The number of anilines is 3. The van der Waals surface area contributed by atoms with Gasteiger partial charge >= 0.3 is 21.4 Å². The highest BCUT2D eigenvalue weighted by Crippen LogP contribution is 2.37. The van der Waals surface area contributed by atoms with Crippen molar-refractivity contribution in [2.24, 2.45) is 10.2 Å². The number of alkyl halides is 3. The van der Waals surface area contributed by atoms with Crippen molar-refractivity contribution in [3.63, 3.8) is 0 Å². The number of carbonyl (C=O) groups is 1. The normalized spacial score (nSPS) is 15.1. The van der Waals surface area contributed by atoms with Crippen LogP contribution in [0.5, 0.6) is 5.75 Å². The van der Waals surface area contributed by atoms with Gasteiger partial charge in [-0.2, -0.15) is 36.8 Å². The molecule has 0 saturated carbocycles. The number of halogens is 4. The number of aromatic hydroxyl groups is 1. The highest BCUT2D eigenvalue weighted by atomic mass is 32.2. The largest absolute Gasteiger partial charge is 0.516 e. The lowest BCUT2D eigenvalue weighted by Gasteiger charge is -2.13. The fourth-order valence-corrected chi connectivity index (χ4v) is 4.01. The van der Waals surface area contributed by atoms with Crippen molar-refractivity contribution in [3.05, 3.63) is 72.0 Å². The van der Waals surface area contributed by atoms with Gasteiger partial charge < -0.3 is 5.11 Å². The van der Waals surface area contributed by atoms with E-state index in [0.717, 1.165) is 17.1 Å². The summed E-state index contributed by atoms with van der Waals surface area (Å²) in [7, 11) is -5.64. The van der Waals surface area contributed by atoms with E-state index < -0.39 is 27.3 Å². The van der Waals surface area contributed by atoms with E-state index in [-0.39, 0.29) is 45.4 Å². The van der Waals surface area contributed by atoms with E-state index in [1.165, 1.54) is 60.2 Å². The van der Waals surface area contributed by atoms with Gasteiger partial charge in [0.2, 0.25) is 0 Å². The molecule has 0 radical (unpaired) electrons. The van der Waals surface area contributed by atoms with Gasteiger partial charge in [0, 0.05) is 11.3 Å². The maximum Gasteiger partial charge on any atom is 0.516 e. The summed E-state index contributed by atoms with van der Waals surface area (Å²) in [6.45, 7) is 3.10. The zero-order valence-corrected chi connectivity index (χ0v) is 20.5. The Kier molecular flexibility index (Phi) is 6.84. The van der Waals surface area contributed by atoms with Gasteiger partial charge in [-0.1, -0.05) is 30.3 Å². The lowest BCUT2D eigenvalue weighted by Crippen LogP contribution is -2.29. The molecule has 1 heterocycles. The Bertz CT molecular complexity index is 1600. The number of para-hydroxylation sites is 1. The predicted octanol–water partition coefficient (Wildman–Crippen LogP) is 4.96. The molecule has 1 aliphatic rings. The Labute approximate surface area is 214 Å². The molecular formula is C24H19F4N5O4S. The molecule has 0 atom stereocenters. The minimum Gasteiger partial charge on any atom is -0.505 e. The van der Waals surface area contributed by atoms with E-state index in [9.17, 15) is 35.9 Å². The molecule has 3 aromatic rings. The molecule has 3 N–H and O–H groups in total. The maximum atomic E-state index is 14.0. The van der Waals surface area contributed by atoms with Crippen molar-refractivity contribution in [1.29, 1.82) is 0 Å². The van der Waals surface area contributed by atoms with Crippen LogP contribution in [0, 0.1) is 12.7 Å². The molecule has 14 heteroatoms. The Morgan fingerprint density at radius 1 is 1.03 bits per heavy atom. The first kappa shape index (κ1) is 26.6. The van der Waals surface area contributed by atoms with Gasteiger partial charge in [-0.15, -0.1) is 0 Å². The van der Waals surface area contributed by atoms with E-state index in [1.807, 2.05) is 0 Å². The number of sulfonamides is 1. The fraction of sp³-hybridized carbons (Fsp3) is 0.125. The van der Waals surface area contributed by atoms with Crippen molar-refractivity contribution < 1.29 is 35.9 Å². The van der Waals surface area contributed by atoms with Gasteiger partial charge in [0.25, 0.3) is 0 Å². The maximum absolute atomic E-state index is 14.0. The Balaban J connectivity index is 1.58. The summed E-state index contributed by atoms with van der Waals surface area (Å²) in [4.78, 5) is 12.8. The summed E-state index contributed by atoms with van der Waals surface area (Å²) in [6, 6.07) is 13.6. The van der Waals surface area contributed by atoms with E-state index in [2.05, 4.69) is 15.6 Å². The molecule has 0 spiro atoms. The lowest BCUT2D eigenvalue weighted by atomic mass is 10.0. The number of hydrogen-bond donors (Lipinski definition) is 3. The molecule has 0 bridgehead atoms. The Hall–Kier alpha value is -4.46. The van der Waals surface area contributed by atoms with Crippen molar-refractivity contribution >= 4 is 44.4 Å². The zero-order valence-electron chi connectivity index (χ0n) is 19.7. The second-order valence-electron chi connectivity index (χ2n) is 8.14. The van der Waals surface area contributed by atoms with Crippen molar-refractivity contribution in [2.75, 3.05) is 15.2 Å². The van der Waals surface area contributed by atoms with Gasteiger partial charge in [0.1, 0.15) is 11.6 Å².